The lowest BCUT2D eigenvalue weighted by Gasteiger charge is -2.23. The van der Waals surface area contributed by atoms with Crippen molar-refractivity contribution in [3.05, 3.63) is 0 Å². The van der Waals surface area contributed by atoms with Gasteiger partial charge in [0, 0.05) is 6.61 Å². The number of rotatable bonds is 3. The second kappa shape index (κ2) is 3.97. The fourth-order valence-corrected chi connectivity index (χ4v) is 2.06. The first-order valence-electron chi connectivity index (χ1n) is 5.26. The van der Waals surface area contributed by atoms with Crippen LogP contribution < -0.4 is 0 Å². The summed E-state index contributed by atoms with van der Waals surface area (Å²) in [4.78, 5) is 0. The Bertz CT molecular complexity index is 233. The van der Waals surface area contributed by atoms with E-state index in [9.17, 15) is 4.39 Å². The zero-order valence-corrected chi connectivity index (χ0v) is 9.23. The molecule has 2 aliphatic heterocycles. The molecule has 2 rings (SSSR count). The van der Waals surface area contributed by atoms with Crippen LogP contribution in [0.15, 0.2) is 0 Å². The van der Waals surface area contributed by atoms with Crippen LogP contribution in [0.5, 0.6) is 0 Å². The van der Waals surface area contributed by atoms with E-state index in [2.05, 4.69) is 0 Å². The average Bonchev–Trinajstić information content (AvgIpc) is 2.61. The number of fused-ring (bicyclic) bond motifs is 1. The number of hydrogen-bond donors (Lipinski definition) is 0. The molecule has 0 amide bonds. The fraction of sp³-hybridized carbons (Fsp3) is 1.00. The number of ether oxygens (including phenoxy) is 4. The Morgan fingerprint density at radius 3 is 2.53 bits per heavy atom. The molecule has 15 heavy (non-hydrogen) atoms. The van der Waals surface area contributed by atoms with Crippen LogP contribution in [0.3, 0.4) is 0 Å². The first kappa shape index (κ1) is 11.3. The molecule has 5 heteroatoms. The minimum Gasteiger partial charge on any atom is -0.350 e. The summed E-state index contributed by atoms with van der Waals surface area (Å²) in [5, 5.41) is 0. The molecule has 0 radical (unpaired) electrons. The maximum Gasteiger partial charge on any atom is 0.187 e. The van der Waals surface area contributed by atoms with E-state index in [0.717, 1.165) is 0 Å². The van der Waals surface area contributed by atoms with Crippen molar-refractivity contribution in [1.82, 2.24) is 0 Å². The minimum absolute atomic E-state index is 0.319. The molecule has 4 atom stereocenters. The Morgan fingerprint density at radius 2 is 1.93 bits per heavy atom. The van der Waals surface area contributed by atoms with E-state index in [1.54, 1.807) is 0 Å². The van der Waals surface area contributed by atoms with Crippen LogP contribution in [-0.2, 0) is 18.9 Å². The van der Waals surface area contributed by atoms with Gasteiger partial charge in [-0.25, -0.2) is 4.39 Å². The smallest absolute Gasteiger partial charge is 0.187 e. The van der Waals surface area contributed by atoms with Gasteiger partial charge in [-0.05, 0) is 20.8 Å². The highest BCUT2D eigenvalue weighted by Gasteiger charge is 2.55. The number of hydrogen-bond acceptors (Lipinski definition) is 4. The Morgan fingerprint density at radius 1 is 1.27 bits per heavy atom. The van der Waals surface area contributed by atoms with E-state index in [4.69, 9.17) is 18.9 Å². The molecule has 0 aromatic carbocycles. The van der Waals surface area contributed by atoms with Crippen LogP contribution in [-0.4, -0.2) is 43.7 Å². The summed E-state index contributed by atoms with van der Waals surface area (Å²) in [7, 11) is 0. The van der Waals surface area contributed by atoms with Gasteiger partial charge in [0.05, 0.1) is 0 Å². The van der Waals surface area contributed by atoms with Crippen molar-refractivity contribution >= 4 is 0 Å². The van der Waals surface area contributed by atoms with Crippen LogP contribution in [0, 0.1) is 0 Å². The van der Waals surface area contributed by atoms with Crippen molar-refractivity contribution in [2.75, 3.05) is 13.3 Å². The highest BCUT2D eigenvalue weighted by Crippen LogP contribution is 2.39. The largest absolute Gasteiger partial charge is 0.350 e. The molecule has 2 aliphatic rings. The first-order chi connectivity index (χ1) is 7.07. The lowest BCUT2D eigenvalue weighted by Crippen LogP contribution is -2.31. The average molecular weight is 220 g/mol. The lowest BCUT2D eigenvalue weighted by molar-refractivity contribution is -0.233. The minimum atomic E-state index is -0.679. The topological polar surface area (TPSA) is 36.9 Å². The Hall–Kier alpha value is -0.230. The van der Waals surface area contributed by atoms with Crippen LogP contribution in [0.4, 0.5) is 4.39 Å². The zero-order valence-electron chi connectivity index (χ0n) is 9.23. The van der Waals surface area contributed by atoms with Gasteiger partial charge in [-0.15, -0.1) is 0 Å². The predicted octanol–water partition coefficient (Wildman–Crippen LogP) is 1.24. The zero-order chi connectivity index (χ0) is 11.1. The summed E-state index contributed by atoms with van der Waals surface area (Å²) in [6.45, 7) is 5.41. The highest BCUT2D eigenvalue weighted by atomic mass is 19.1. The SMILES string of the molecule is CCO[C@@H]1O[C@H](CF)[C@H]2OC(C)(C)O[C@@H]12. The second-order valence-corrected chi connectivity index (χ2v) is 4.22. The fourth-order valence-electron chi connectivity index (χ4n) is 2.06. The van der Waals surface area contributed by atoms with Gasteiger partial charge in [0.15, 0.2) is 12.1 Å². The monoisotopic (exact) mass is 220 g/mol. The van der Waals surface area contributed by atoms with Gasteiger partial charge in [0.25, 0.3) is 0 Å². The molecule has 88 valence electrons. The molecule has 0 saturated carbocycles. The van der Waals surface area contributed by atoms with Gasteiger partial charge < -0.3 is 18.9 Å². The summed E-state index contributed by atoms with van der Waals surface area (Å²) in [5.41, 5.74) is 0. The summed E-state index contributed by atoms with van der Waals surface area (Å²) < 4.78 is 34.6. The van der Waals surface area contributed by atoms with E-state index >= 15 is 0 Å². The summed E-state index contributed by atoms with van der Waals surface area (Å²) in [6.07, 6.45) is -1.77. The maximum atomic E-state index is 12.7. The Kier molecular flexibility index (Phi) is 2.98. The molecule has 4 nitrogen and oxygen atoms in total. The quantitative estimate of drug-likeness (QED) is 0.717. The standard InChI is InChI=1S/C10H17FO4/c1-4-12-9-8-7(6(5-11)13-9)14-10(2,3)15-8/h6-9H,4-5H2,1-3H3/t6-,7-,8-,9-/m1/s1. The van der Waals surface area contributed by atoms with Crippen molar-refractivity contribution in [2.45, 2.75) is 51.2 Å². The number of alkyl halides is 1. The molecule has 2 fully saturated rings. The van der Waals surface area contributed by atoms with Crippen LogP contribution in [0.1, 0.15) is 20.8 Å². The summed E-state index contributed by atoms with van der Waals surface area (Å²) >= 11 is 0. The molecule has 0 aromatic heterocycles. The summed E-state index contributed by atoms with van der Waals surface area (Å²) in [6, 6.07) is 0. The molecular weight excluding hydrogens is 203 g/mol. The van der Waals surface area contributed by atoms with Gasteiger partial charge in [0.2, 0.25) is 0 Å². The van der Waals surface area contributed by atoms with Crippen molar-refractivity contribution in [1.29, 1.82) is 0 Å². The molecule has 0 N–H and O–H groups in total. The van der Waals surface area contributed by atoms with Gasteiger partial charge in [-0.2, -0.15) is 0 Å². The van der Waals surface area contributed by atoms with Gasteiger partial charge in [0.1, 0.15) is 25.0 Å². The Balaban J connectivity index is 2.08. The molecule has 2 heterocycles. The highest BCUT2D eigenvalue weighted by molar-refractivity contribution is 4.94. The van der Waals surface area contributed by atoms with Crippen LogP contribution in [0.2, 0.25) is 0 Å². The molecule has 0 aromatic rings. The van der Waals surface area contributed by atoms with Crippen LogP contribution >= 0.6 is 0 Å². The third-order valence-corrected chi connectivity index (χ3v) is 2.59. The molecule has 0 aliphatic carbocycles. The van der Waals surface area contributed by atoms with E-state index in [0.29, 0.717) is 6.61 Å². The molecule has 0 bridgehead atoms. The number of halogens is 1. The Labute approximate surface area is 88.6 Å². The first-order valence-corrected chi connectivity index (χ1v) is 5.26. The third kappa shape index (κ3) is 2.01. The third-order valence-electron chi connectivity index (χ3n) is 2.59. The van der Waals surface area contributed by atoms with Crippen molar-refractivity contribution in [3.8, 4) is 0 Å². The molecule has 0 spiro atoms. The predicted molar refractivity (Wildman–Crippen MR) is 50.1 cm³/mol. The van der Waals surface area contributed by atoms with Crippen molar-refractivity contribution in [2.24, 2.45) is 0 Å². The molecule has 0 unspecified atom stereocenters. The van der Waals surface area contributed by atoms with Gasteiger partial charge in [-0.1, -0.05) is 0 Å². The lowest BCUT2D eigenvalue weighted by atomic mass is 10.1. The maximum absolute atomic E-state index is 12.7. The van der Waals surface area contributed by atoms with E-state index in [1.165, 1.54) is 0 Å². The van der Waals surface area contributed by atoms with Crippen molar-refractivity contribution < 1.29 is 23.3 Å². The normalized spacial score (nSPS) is 43.2. The van der Waals surface area contributed by atoms with E-state index in [-0.39, 0.29) is 12.2 Å². The molecule has 2 saturated heterocycles. The van der Waals surface area contributed by atoms with E-state index < -0.39 is 24.9 Å². The van der Waals surface area contributed by atoms with Gasteiger partial charge >= 0.3 is 0 Å². The molecular formula is C10H17FO4. The van der Waals surface area contributed by atoms with Gasteiger partial charge in [-0.3, -0.25) is 0 Å². The van der Waals surface area contributed by atoms with E-state index in [1.807, 2.05) is 20.8 Å². The second-order valence-electron chi connectivity index (χ2n) is 4.22. The van der Waals surface area contributed by atoms with Crippen molar-refractivity contribution in [3.63, 3.8) is 0 Å². The summed E-state index contributed by atoms with van der Waals surface area (Å²) in [5.74, 6) is -0.679. The van der Waals surface area contributed by atoms with Crippen LogP contribution in [0.25, 0.3) is 0 Å².